The summed E-state index contributed by atoms with van der Waals surface area (Å²) in [6.07, 6.45) is 3.38. The maximum absolute atomic E-state index is 12.7. The SMILES string of the molecule is CCn1cc(C#Cc2cc(C(=O)Nc3cccc(C)n3)ccc2C)c2c(N)ncnc21. The molecule has 4 rings (SSSR count). The minimum Gasteiger partial charge on any atom is -0.383 e. The largest absolute Gasteiger partial charge is 0.383 e. The van der Waals surface area contributed by atoms with Gasteiger partial charge in [-0.1, -0.05) is 24.0 Å². The predicted octanol–water partition coefficient (Wildman–Crippen LogP) is 3.70. The number of hydrogen-bond donors (Lipinski definition) is 2. The minimum absolute atomic E-state index is 0.235. The normalized spacial score (nSPS) is 10.5. The van der Waals surface area contributed by atoms with E-state index >= 15 is 0 Å². The van der Waals surface area contributed by atoms with Crippen molar-refractivity contribution in [3.63, 3.8) is 0 Å². The summed E-state index contributed by atoms with van der Waals surface area (Å²) in [4.78, 5) is 25.4. The molecule has 0 aliphatic rings. The fourth-order valence-corrected chi connectivity index (χ4v) is 3.32. The summed E-state index contributed by atoms with van der Waals surface area (Å²) in [5.74, 6) is 7.05. The minimum atomic E-state index is -0.235. The Bertz CT molecular complexity index is 1360. The maximum atomic E-state index is 12.7. The van der Waals surface area contributed by atoms with E-state index in [0.717, 1.165) is 40.0 Å². The summed E-state index contributed by atoms with van der Waals surface area (Å²) < 4.78 is 1.99. The second kappa shape index (κ2) is 8.28. The van der Waals surface area contributed by atoms with Crippen LogP contribution in [0.4, 0.5) is 11.6 Å². The number of carbonyl (C=O) groups excluding carboxylic acids is 1. The molecule has 0 aliphatic heterocycles. The van der Waals surface area contributed by atoms with Gasteiger partial charge in [0, 0.05) is 29.6 Å². The Balaban J connectivity index is 1.68. The Morgan fingerprint density at radius 2 is 1.94 bits per heavy atom. The number of aromatic nitrogens is 4. The van der Waals surface area contributed by atoms with Crippen molar-refractivity contribution < 1.29 is 4.79 Å². The summed E-state index contributed by atoms with van der Waals surface area (Å²) in [6, 6.07) is 10.9. The van der Waals surface area contributed by atoms with E-state index in [9.17, 15) is 4.79 Å². The number of benzene rings is 1. The van der Waals surface area contributed by atoms with Gasteiger partial charge in [0.15, 0.2) is 0 Å². The van der Waals surface area contributed by atoms with E-state index in [-0.39, 0.29) is 5.91 Å². The smallest absolute Gasteiger partial charge is 0.256 e. The highest BCUT2D eigenvalue weighted by molar-refractivity contribution is 6.04. The fraction of sp³-hybridized carbons (Fsp3) is 0.167. The third-order valence-corrected chi connectivity index (χ3v) is 4.99. The number of amides is 1. The van der Waals surface area contributed by atoms with Gasteiger partial charge in [-0.25, -0.2) is 15.0 Å². The number of nitrogen functional groups attached to an aromatic ring is 1. The number of anilines is 2. The number of carbonyl (C=O) groups is 1. The zero-order chi connectivity index (χ0) is 22.0. The number of aryl methyl sites for hydroxylation is 3. The Morgan fingerprint density at radius 3 is 2.71 bits per heavy atom. The number of fused-ring (bicyclic) bond motifs is 1. The van der Waals surface area contributed by atoms with Crippen LogP contribution < -0.4 is 11.1 Å². The van der Waals surface area contributed by atoms with Crippen molar-refractivity contribution in [3.05, 3.63) is 76.9 Å². The van der Waals surface area contributed by atoms with E-state index in [2.05, 4.69) is 32.1 Å². The molecule has 0 aliphatic carbocycles. The lowest BCUT2D eigenvalue weighted by molar-refractivity contribution is 0.102. The van der Waals surface area contributed by atoms with Gasteiger partial charge in [0.1, 0.15) is 23.6 Å². The van der Waals surface area contributed by atoms with Gasteiger partial charge >= 0.3 is 0 Å². The molecular weight excluding hydrogens is 388 g/mol. The van der Waals surface area contributed by atoms with Crippen LogP contribution in [0.3, 0.4) is 0 Å². The summed E-state index contributed by atoms with van der Waals surface area (Å²) in [7, 11) is 0. The standard InChI is InChI=1S/C24H22N6O/c1-4-30-13-19(21-22(25)26-14-27-23(21)30)11-10-17-12-18(9-8-15(17)2)24(31)29-20-7-5-6-16(3)28-20/h5-9,12-14H,4H2,1-3H3,(H2,25,26,27)(H,28,29,31). The number of nitrogens with one attached hydrogen (secondary N) is 1. The third-order valence-electron chi connectivity index (χ3n) is 4.99. The number of nitrogens with zero attached hydrogens (tertiary/aromatic N) is 4. The molecule has 0 atom stereocenters. The number of rotatable bonds is 3. The zero-order valence-electron chi connectivity index (χ0n) is 17.6. The van der Waals surface area contributed by atoms with Gasteiger partial charge < -0.3 is 15.6 Å². The van der Waals surface area contributed by atoms with Gasteiger partial charge in [0.05, 0.1) is 10.9 Å². The van der Waals surface area contributed by atoms with Crippen molar-refractivity contribution in [2.24, 2.45) is 0 Å². The Morgan fingerprint density at radius 1 is 1.13 bits per heavy atom. The zero-order valence-corrected chi connectivity index (χ0v) is 17.6. The molecule has 1 amide bonds. The molecule has 7 nitrogen and oxygen atoms in total. The predicted molar refractivity (Wildman–Crippen MR) is 122 cm³/mol. The van der Waals surface area contributed by atoms with Crippen LogP contribution in [0.5, 0.6) is 0 Å². The third kappa shape index (κ3) is 4.09. The van der Waals surface area contributed by atoms with E-state index < -0.39 is 0 Å². The summed E-state index contributed by atoms with van der Waals surface area (Å²) in [5, 5.41) is 3.57. The van der Waals surface area contributed by atoms with Gasteiger partial charge in [-0.3, -0.25) is 4.79 Å². The molecule has 0 saturated heterocycles. The van der Waals surface area contributed by atoms with Crippen molar-refractivity contribution in [2.75, 3.05) is 11.1 Å². The molecule has 31 heavy (non-hydrogen) atoms. The Kier molecular flexibility index (Phi) is 5.37. The highest BCUT2D eigenvalue weighted by Gasteiger charge is 2.12. The van der Waals surface area contributed by atoms with Crippen LogP contribution >= 0.6 is 0 Å². The highest BCUT2D eigenvalue weighted by atomic mass is 16.1. The molecule has 0 unspecified atom stereocenters. The number of hydrogen-bond acceptors (Lipinski definition) is 5. The Hall–Kier alpha value is -4.18. The van der Waals surface area contributed by atoms with Crippen LogP contribution in [0, 0.1) is 25.7 Å². The first-order valence-corrected chi connectivity index (χ1v) is 9.93. The van der Waals surface area contributed by atoms with Crippen molar-refractivity contribution >= 4 is 28.6 Å². The van der Waals surface area contributed by atoms with Crippen LogP contribution in [0.2, 0.25) is 0 Å². The molecule has 4 aromatic rings. The maximum Gasteiger partial charge on any atom is 0.256 e. The molecule has 7 heteroatoms. The lowest BCUT2D eigenvalue weighted by Gasteiger charge is -2.07. The number of nitrogens with two attached hydrogens (primary N) is 1. The molecule has 3 aromatic heterocycles. The molecule has 3 N–H and O–H groups in total. The average molecular weight is 410 g/mol. The van der Waals surface area contributed by atoms with Crippen LogP contribution in [-0.2, 0) is 6.54 Å². The van der Waals surface area contributed by atoms with E-state index in [1.807, 2.05) is 49.7 Å². The molecule has 0 bridgehead atoms. The highest BCUT2D eigenvalue weighted by Crippen LogP contribution is 2.23. The first-order valence-electron chi connectivity index (χ1n) is 9.93. The first kappa shape index (κ1) is 20.1. The summed E-state index contributed by atoms with van der Waals surface area (Å²) in [6.45, 7) is 6.61. The van der Waals surface area contributed by atoms with Gasteiger partial charge in [0.2, 0.25) is 0 Å². The van der Waals surface area contributed by atoms with Crippen molar-refractivity contribution in [1.82, 2.24) is 19.5 Å². The first-order chi connectivity index (χ1) is 15.0. The quantitative estimate of drug-likeness (QED) is 0.502. The second-order valence-corrected chi connectivity index (χ2v) is 7.18. The van der Waals surface area contributed by atoms with Crippen LogP contribution in [-0.4, -0.2) is 25.4 Å². The fourth-order valence-electron chi connectivity index (χ4n) is 3.32. The van der Waals surface area contributed by atoms with Crippen molar-refractivity contribution in [3.8, 4) is 11.8 Å². The van der Waals surface area contributed by atoms with E-state index in [1.54, 1.807) is 18.2 Å². The monoisotopic (exact) mass is 410 g/mol. The lowest BCUT2D eigenvalue weighted by Crippen LogP contribution is -2.13. The van der Waals surface area contributed by atoms with E-state index in [1.165, 1.54) is 6.33 Å². The molecule has 0 saturated carbocycles. The second-order valence-electron chi connectivity index (χ2n) is 7.18. The van der Waals surface area contributed by atoms with Crippen LogP contribution in [0.15, 0.2) is 48.9 Å². The van der Waals surface area contributed by atoms with Crippen LogP contribution in [0.25, 0.3) is 11.0 Å². The molecule has 0 spiro atoms. The summed E-state index contributed by atoms with van der Waals surface area (Å²) in [5.41, 5.74) is 10.7. The molecule has 0 radical (unpaired) electrons. The van der Waals surface area contributed by atoms with Gasteiger partial charge in [-0.05, 0) is 50.6 Å². The van der Waals surface area contributed by atoms with Gasteiger partial charge in [-0.15, -0.1) is 0 Å². The molecule has 154 valence electrons. The molecule has 1 aromatic carbocycles. The molecular formula is C24H22N6O. The summed E-state index contributed by atoms with van der Waals surface area (Å²) >= 11 is 0. The average Bonchev–Trinajstić information content (AvgIpc) is 3.12. The van der Waals surface area contributed by atoms with Gasteiger partial charge in [-0.2, -0.15) is 0 Å². The lowest BCUT2D eigenvalue weighted by atomic mass is 10.0. The van der Waals surface area contributed by atoms with Crippen molar-refractivity contribution in [1.29, 1.82) is 0 Å². The Labute approximate surface area is 180 Å². The van der Waals surface area contributed by atoms with Gasteiger partial charge in [0.25, 0.3) is 5.91 Å². The number of pyridine rings is 1. The van der Waals surface area contributed by atoms with E-state index in [0.29, 0.717) is 17.2 Å². The topological polar surface area (TPSA) is 98.7 Å². The van der Waals surface area contributed by atoms with Crippen molar-refractivity contribution in [2.45, 2.75) is 27.3 Å². The van der Waals surface area contributed by atoms with E-state index in [4.69, 9.17) is 5.73 Å². The van der Waals surface area contributed by atoms with Crippen LogP contribution in [0.1, 0.15) is 39.7 Å². The molecule has 0 fully saturated rings. The molecule has 3 heterocycles.